The number of anilines is 1. The molecule has 9 heteroatoms. The summed E-state index contributed by atoms with van der Waals surface area (Å²) in [5.41, 5.74) is -0.138. The van der Waals surface area contributed by atoms with E-state index in [1.165, 1.54) is 33.1 Å². The Bertz CT molecular complexity index is 657. The molecule has 9 nitrogen and oxygen atoms in total. The maximum absolute atomic E-state index is 12.1. The lowest BCUT2D eigenvalue weighted by molar-refractivity contribution is -0.384. The SMILES string of the molecule is COc1ccc([N+](=O)[O-])cc1NC(=O)[C@H](C)OC(=O)CCC(C)=O. The number of nitrogens with one attached hydrogen (secondary N) is 1. The van der Waals surface area contributed by atoms with Gasteiger partial charge in [-0.15, -0.1) is 0 Å². The minimum absolute atomic E-state index is 0.0336. The fourth-order valence-electron chi connectivity index (χ4n) is 1.73. The van der Waals surface area contributed by atoms with Gasteiger partial charge in [0.15, 0.2) is 6.10 Å². The van der Waals surface area contributed by atoms with Gasteiger partial charge < -0.3 is 19.6 Å². The van der Waals surface area contributed by atoms with Crippen LogP contribution in [0, 0.1) is 10.1 Å². The van der Waals surface area contributed by atoms with Crippen molar-refractivity contribution in [2.75, 3.05) is 12.4 Å². The number of carbonyl (C=O) groups excluding carboxylic acids is 3. The molecule has 0 saturated carbocycles. The smallest absolute Gasteiger partial charge is 0.307 e. The van der Waals surface area contributed by atoms with Gasteiger partial charge in [-0.2, -0.15) is 0 Å². The number of ether oxygens (including phenoxy) is 2. The molecule has 130 valence electrons. The molecule has 0 aromatic heterocycles. The Hall–Kier alpha value is -2.97. The number of esters is 1. The highest BCUT2D eigenvalue weighted by Crippen LogP contribution is 2.29. The first-order valence-electron chi connectivity index (χ1n) is 7.06. The Morgan fingerprint density at radius 1 is 1.29 bits per heavy atom. The number of ketones is 1. The van der Waals surface area contributed by atoms with Crippen LogP contribution in [0.15, 0.2) is 18.2 Å². The Kier molecular flexibility index (Phi) is 6.84. The van der Waals surface area contributed by atoms with Crippen molar-refractivity contribution in [2.45, 2.75) is 32.8 Å². The Labute approximate surface area is 138 Å². The van der Waals surface area contributed by atoms with Crippen LogP contribution in [-0.2, 0) is 19.1 Å². The summed E-state index contributed by atoms with van der Waals surface area (Å²) in [6, 6.07) is 3.72. The minimum atomic E-state index is -1.13. The summed E-state index contributed by atoms with van der Waals surface area (Å²) >= 11 is 0. The normalized spacial score (nSPS) is 11.3. The average molecular weight is 338 g/mol. The van der Waals surface area contributed by atoms with Crippen molar-refractivity contribution < 1.29 is 28.8 Å². The Balaban J connectivity index is 2.75. The molecule has 0 aliphatic heterocycles. The third-order valence-electron chi connectivity index (χ3n) is 3.01. The number of hydrogen-bond acceptors (Lipinski definition) is 7. The number of nitro groups is 1. The first kappa shape index (κ1) is 19.1. The molecule has 0 unspecified atom stereocenters. The number of Topliss-reactive ketones (excluding diaryl/α,β-unsaturated/α-hetero) is 1. The molecule has 1 aromatic carbocycles. The predicted octanol–water partition coefficient (Wildman–Crippen LogP) is 1.84. The number of rotatable bonds is 8. The van der Waals surface area contributed by atoms with E-state index in [1.807, 2.05) is 0 Å². The van der Waals surface area contributed by atoms with Gasteiger partial charge in [-0.05, 0) is 19.9 Å². The van der Waals surface area contributed by atoms with E-state index in [2.05, 4.69) is 5.32 Å². The molecule has 1 N–H and O–H groups in total. The van der Waals surface area contributed by atoms with Crippen LogP contribution in [0.4, 0.5) is 11.4 Å². The Morgan fingerprint density at radius 3 is 2.50 bits per heavy atom. The van der Waals surface area contributed by atoms with Crippen molar-refractivity contribution in [3.05, 3.63) is 28.3 Å². The fourth-order valence-corrected chi connectivity index (χ4v) is 1.73. The fraction of sp³-hybridized carbons (Fsp3) is 0.400. The van der Waals surface area contributed by atoms with Crippen molar-refractivity contribution in [1.29, 1.82) is 0 Å². The van der Waals surface area contributed by atoms with Gasteiger partial charge in [0, 0.05) is 18.6 Å². The maximum atomic E-state index is 12.1. The van der Waals surface area contributed by atoms with E-state index < -0.39 is 22.9 Å². The second kappa shape index (κ2) is 8.61. The number of amides is 1. The van der Waals surface area contributed by atoms with Gasteiger partial charge in [0.05, 0.1) is 24.1 Å². The minimum Gasteiger partial charge on any atom is -0.495 e. The van der Waals surface area contributed by atoms with Crippen molar-refractivity contribution in [3.8, 4) is 5.75 Å². The van der Waals surface area contributed by atoms with E-state index in [4.69, 9.17) is 9.47 Å². The molecule has 0 saturated heterocycles. The molecule has 0 bridgehead atoms. The number of hydrogen-bond donors (Lipinski definition) is 1. The van der Waals surface area contributed by atoms with Gasteiger partial charge in [-0.25, -0.2) is 0 Å². The lowest BCUT2D eigenvalue weighted by atomic mass is 10.2. The summed E-state index contributed by atoms with van der Waals surface area (Å²) in [5, 5.41) is 13.2. The van der Waals surface area contributed by atoms with Crippen molar-refractivity contribution >= 4 is 29.0 Å². The van der Waals surface area contributed by atoms with Gasteiger partial charge in [0.25, 0.3) is 11.6 Å². The zero-order chi connectivity index (χ0) is 18.3. The van der Waals surface area contributed by atoms with Gasteiger partial charge in [-0.3, -0.25) is 19.7 Å². The molecule has 0 aliphatic carbocycles. The Morgan fingerprint density at radius 2 is 1.96 bits per heavy atom. The van der Waals surface area contributed by atoms with E-state index in [1.54, 1.807) is 0 Å². The van der Waals surface area contributed by atoms with E-state index in [0.717, 1.165) is 6.07 Å². The van der Waals surface area contributed by atoms with Crippen LogP contribution in [0.2, 0.25) is 0 Å². The average Bonchev–Trinajstić information content (AvgIpc) is 2.52. The lowest BCUT2D eigenvalue weighted by Gasteiger charge is -2.15. The van der Waals surface area contributed by atoms with Crippen LogP contribution in [0.5, 0.6) is 5.75 Å². The van der Waals surface area contributed by atoms with E-state index in [0.29, 0.717) is 0 Å². The summed E-state index contributed by atoms with van der Waals surface area (Å²) in [5.74, 6) is -1.29. The van der Waals surface area contributed by atoms with Gasteiger partial charge >= 0.3 is 5.97 Å². The van der Waals surface area contributed by atoms with Crippen LogP contribution >= 0.6 is 0 Å². The third kappa shape index (κ3) is 5.67. The van der Waals surface area contributed by atoms with E-state index in [9.17, 15) is 24.5 Å². The molecule has 1 aromatic rings. The molecule has 0 heterocycles. The highest BCUT2D eigenvalue weighted by atomic mass is 16.6. The highest BCUT2D eigenvalue weighted by Gasteiger charge is 2.20. The number of benzene rings is 1. The van der Waals surface area contributed by atoms with Crippen LogP contribution in [0.25, 0.3) is 0 Å². The molecule has 24 heavy (non-hydrogen) atoms. The highest BCUT2D eigenvalue weighted by molar-refractivity contribution is 5.96. The van der Waals surface area contributed by atoms with Gasteiger partial charge in [0.2, 0.25) is 0 Å². The molecular weight excluding hydrogens is 320 g/mol. The quantitative estimate of drug-likeness (QED) is 0.435. The third-order valence-corrected chi connectivity index (χ3v) is 3.01. The summed E-state index contributed by atoms with van der Waals surface area (Å²) < 4.78 is 9.93. The second-order valence-electron chi connectivity index (χ2n) is 4.97. The first-order valence-corrected chi connectivity index (χ1v) is 7.06. The maximum Gasteiger partial charge on any atom is 0.307 e. The van der Waals surface area contributed by atoms with Crippen LogP contribution in [0.3, 0.4) is 0 Å². The second-order valence-corrected chi connectivity index (χ2v) is 4.97. The number of nitrogens with zero attached hydrogens (tertiary/aromatic N) is 1. The molecule has 1 amide bonds. The standard InChI is InChI=1S/C15H18N2O7/c1-9(18)4-7-14(19)24-10(2)15(20)16-12-8-11(17(21)22)5-6-13(12)23-3/h5-6,8,10H,4,7H2,1-3H3,(H,16,20)/t10-/m0/s1. The zero-order valence-electron chi connectivity index (χ0n) is 13.5. The molecule has 0 spiro atoms. The molecule has 0 fully saturated rings. The van der Waals surface area contributed by atoms with Gasteiger partial charge in [0.1, 0.15) is 11.5 Å². The van der Waals surface area contributed by atoms with Crippen LogP contribution < -0.4 is 10.1 Å². The summed E-state index contributed by atoms with van der Waals surface area (Å²) in [4.78, 5) is 44.6. The van der Waals surface area contributed by atoms with Crippen molar-refractivity contribution in [1.82, 2.24) is 0 Å². The molecule has 0 aliphatic rings. The zero-order valence-corrected chi connectivity index (χ0v) is 13.5. The van der Waals surface area contributed by atoms with E-state index >= 15 is 0 Å². The van der Waals surface area contributed by atoms with Crippen molar-refractivity contribution in [2.24, 2.45) is 0 Å². The molecule has 1 atom stereocenters. The van der Waals surface area contributed by atoms with Crippen molar-refractivity contribution in [3.63, 3.8) is 0 Å². The number of carbonyl (C=O) groups is 3. The first-order chi connectivity index (χ1) is 11.2. The monoisotopic (exact) mass is 338 g/mol. The largest absolute Gasteiger partial charge is 0.495 e. The molecule has 1 rings (SSSR count). The number of nitro benzene ring substituents is 1. The summed E-state index contributed by atoms with van der Waals surface area (Å²) in [7, 11) is 1.35. The topological polar surface area (TPSA) is 125 Å². The predicted molar refractivity (Wildman–Crippen MR) is 83.7 cm³/mol. The summed E-state index contributed by atoms with van der Waals surface area (Å²) in [6.07, 6.45) is -1.22. The molecule has 0 radical (unpaired) electrons. The molecular formula is C15H18N2O7. The van der Waals surface area contributed by atoms with Gasteiger partial charge in [-0.1, -0.05) is 0 Å². The van der Waals surface area contributed by atoms with Crippen LogP contribution in [-0.4, -0.2) is 35.8 Å². The lowest BCUT2D eigenvalue weighted by Crippen LogP contribution is -2.30. The number of non-ortho nitro benzene ring substituents is 1. The summed E-state index contributed by atoms with van der Waals surface area (Å²) in [6.45, 7) is 2.70. The number of methoxy groups -OCH3 is 1. The van der Waals surface area contributed by atoms with Crippen LogP contribution in [0.1, 0.15) is 26.7 Å². The van der Waals surface area contributed by atoms with E-state index in [-0.39, 0.29) is 35.7 Å².